The van der Waals surface area contributed by atoms with Gasteiger partial charge < -0.3 is 15.7 Å². The number of hydrogen-bond donors (Lipinski definition) is 3. The predicted molar refractivity (Wildman–Crippen MR) is 76.4 cm³/mol. The maximum absolute atomic E-state index is 11.9. The Kier molecular flexibility index (Phi) is 6.28. The van der Waals surface area contributed by atoms with Crippen LogP contribution in [0.15, 0.2) is 0 Å². The number of aliphatic hydroxyl groups is 1. The summed E-state index contributed by atoms with van der Waals surface area (Å²) in [6.07, 6.45) is 0.732. The van der Waals surface area contributed by atoms with Crippen LogP contribution in [0.3, 0.4) is 0 Å². The van der Waals surface area contributed by atoms with Crippen molar-refractivity contribution in [3.63, 3.8) is 0 Å². The van der Waals surface area contributed by atoms with E-state index in [1.54, 1.807) is 25.6 Å². The highest BCUT2D eigenvalue weighted by Gasteiger charge is 2.44. The van der Waals surface area contributed by atoms with Gasteiger partial charge in [-0.1, -0.05) is 0 Å². The Morgan fingerprint density at radius 3 is 2.65 bits per heavy atom. The van der Waals surface area contributed by atoms with Crippen molar-refractivity contribution in [1.29, 1.82) is 0 Å². The number of urea groups is 1. The fraction of sp³-hybridized carbons (Fsp3) is 0.750. The van der Waals surface area contributed by atoms with Gasteiger partial charge in [-0.25, -0.2) is 4.79 Å². The summed E-state index contributed by atoms with van der Waals surface area (Å²) in [5, 5.41) is 13.8. The van der Waals surface area contributed by atoms with Gasteiger partial charge in [0, 0.05) is 18.9 Å². The zero-order valence-electron chi connectivity index (χ0n) is 11.8. The lowest BCUT2D eigenvalue weighted by Crippen LogP contribution is -2.43. The Balaban J connectivity index is 2.26. The van der Waals surface area contributed by atoms with E-state index in [2.05, 4.69) is 10.6 Å². The van der Waals surface area contributed by atoms with E-state index in [4.69, 9.17) is 5.11 Å². The summed E-state index contributed by atoms with van der Waals surface area (Å²) in [5.41, 5.74) is -0.947. The Labute approximate surface area is 122 Å². The zero-order valence-corrected chi connectivity index (χ0v) is 12.6. The van der Waals surface area contributed by atoms with Gasteiger partial charge in [0.2, 0.25) is 5.91 Å². The van der Waals surface area contributed by atoms with Gasteiger partial charge in [-0.3, -0.25) is 14.5 Å². The van der Waals surface area contributed by atoms with Gasteiger partial charge in [0.05, 0.1) is 0 Å². The average molecular weight is 303 g/mol. The second-order valence-corrected chi connectivity index (χ2v) is 6.21. The molecule has 114 valence electrons. The van der Waals surface area contributed by atoms with Gasteiger partial charge in [-0.05, 0) is 26.0 Å². The summed E-state index contributed by atoms with van der Waals surface area (Å²) in [6, 6.07) is -0.535. The van der Waals surface area contributed by atoms with E-state index < -0.39 is 17.5 Å². The molecule has 0 radical (unpaired) electrons. The summed E-state index contributed by atoms with van der Waals surface area (Å²) in [6.45, 7) is 3.59. The molecule has 0 aliphatic carbocycles. The first-order valence-electron chi connectivity index (χ1n) is 6.48. The molecule has 1 saturated heterocycles. The maximum Gasteiger partial charge on any atom is 0.325 e. The lowest BCUT2D eigenvalue weighted by atomic mass is 10.1. The number of aliphatic hydroxyl groups excluding tert-OH is 1. The molecule has 0 spiro atoms. The van der Waals surface area contributed by atoms with Gasteiger partial charge in [0.1, 0.15) is 12.1 Å². The molecule has 1 aliphatic heterocycles. The molecule has 8 heteroatoms. The number of rotatable bonds is 8. The number of carbonyl (C=O) groups excluding carboxylic acids is 3. The zero-order chi connectivity index (χ0) is 15.2. The standard InChI is InChI=1S/C12H21N3O4S/c1-12(2)10(18)15(11(19)14-12)8-9(17)13-4-7-20-6-3-5-16/h16H,3-8H2,1-2H3,(H,13,17)(H,14,19). The molecule has 0 atom stereocenters. The van der Waals surface area contributed by atoms with Crippen LogP contribution in [0, 0.1) is 0 Å². The molecular weight excluding hydrogens is 282 g/mol. The van der Waals surface area contributed by atoms with Crippen LogP contribution in [0.2, 0.25) is 0 Å². The maximum atomic E-state index is 11.9. The number of nitrogens with zero attached hydrogens (tertiary/aromatic N) is 1. The van der Waals surface area contributed by atoms with E-state index in [0.717, 1.165) is 22.8 Å². The topological polar surface area (TPSA) is 98.7 Å². The van der Waals surface area contributed by atoms with E-state index in [1.807, 2.05) is 0 Å². The smallest absolute Gasteiger partial charge is 0.325 e. The molecule has 1 fully saturated rings. The lowest BCUT2D eigenvalue weighted by molar-refractivity contribution is -0.134. The second kappa shape index (κ2) is 7.49. The van der Waals surface area contributed by atoms with Gasteiger partial charge in [0.15, 0.2) is 0 Å². The molecule has 1 heterocycles. The molecule has 0 aromatic heterocycles. The van der Waals surface area contributed by atoms with Crippen molar-refractivity contribution >= 4 is 29.6 Å². The van der Waals surface area contributed by atoms with Crippen molar-refractivity contribution < 1.29 is 19.5 Å². The largest absolute Gasteiger partial charge is 0.396 e. The van der Waals surface area contributed by atoms with Crippen LogP contribution in [0.25, 0.3) is 0 Å². The molecule has 4 amide bonds. The van der Waals surface area contributed by atoms with Gasteiger partial charge in [-0.15, -0.1) is 0 Å². The third-order valence-corrected chi connectivity index (χ3v) is 3.83. The second-order valence-electron chi connectivity index (χ2n) is 4.99. The first-order chi connectivity index (χ1) is 9.38. The number of hydrogen-bond acceptors (Lipinski definition) is 5. The van der Waals surface area contributed by atoms with Gasteiger partial charge >= 0.3 is 6.03 Å². The highest BCUT2D eigenvalue weighted by Crippen LogP contribution is 2.15. The highest BCUT2D eigenvalue weighted by atomic mass is 32.2. The van der Waals surface area contributed by atoms with E-state index in [0.29, 0.717) is 6.54 Å². The van der Waals surface area contributed by atoms with Crippen molar-refractivity contribution in [3.8, 4) is 0 Å². The van der Waals surface area contributed by atoms with E-state index >= 15 is 0 Å². The minimum Gasteiger partial charge on any atom is -0.396 e. The molecule has 0 aromatic rings. The Hall–Kier alpha value is -1.28. The number of nitrogens with one attached hydrogen (secondary N) is 2. The van der Waals surface area contributed by atoms with Crippen molar-refractivity contribution in [1.82, 2.24) is 15.5 Å². The summed E-state index contributed by atoms with van der Waals surface area (Å²) in [4.78, 5) is 36.0. The van der Waals surface area contributed by atoms with Gasteiger partial charge in [-0.2, -0.15) is 11.8 Å². The van der Waals surface area contributed by atoms with Crippen LogP contribution >= 0.6 is 11.8 Å². The molecule has 20 heavy (non-hydrogen) atoms. The van der Waals surface area contributed by atoms with Crippen molar-refractivity contribution in [2.24, 2.45) is 0 Å². The molecule has 1 aliphatic rings. The van der Waals surface area contributed by atoms with E-state index in [-0.39, 0.29) is 19.1 Å². The summed E-state index contributed by atoms with van der Waals surface area (Å²) in [7, 11) is 0. The summed E-state index contributed by atoms with van der Waals surface area (Å²) < 4.78 is 0. The Morgan fingerprint density at radius 1 is 1.40 bits per heavy atom. The molecule has 0 saturated carbocycles. The third-order valence-electron chi connectivity index (χ3n) is 2.76. The molecule has 0 bridgehead atoms. The molecule has 0 unspecified atom stereocenters. The number of imide groups is 1. The molecule has 0 aromatic carbocycles. The summed E-state index contributed by atoms with van der Waals surface area (Å²) >= 11 is 1.63. The number of carbonyl (C=O) groups is 3. The molecule has 1 rings (SSSR count). The lowest BCUT2D eigenvalue weighted by Gasteiger charge is -2.15. The summed E-state index contributed by atoms with van der Waals surface area (Å²) in [5.74, 6) is 0.828. The van der Waals surface area contributed by atoms with Crippen LogP contribution in [0.5, 0.6) is 0 Å². The van der Waals surface area contributed by atoms with Crippen molar-refractivity contribution in [2.75, 3.05) is 31.2 Å². The highest BCUT2D eigenvalue weighted by molar-refractivity contribution is 7.99. The molecule has 7 nitrogen and oxygen atoms in total. The Morgan fingerprint density at radius 2 is 2.10 bits per heavy atom. The monoisotopic (exact) mass is 303 g/mol. The SMILES string of the molecule is CC1(C)NC(=O)N(CC(=O)NCCSCCCO)C1=O. The number of thioether (sulfide) groups is 1. The average Bonchev–Trinajstić information content (AvgIpc) is 2.56. The first-order valence-corrected chi connectivity index (χ1v) is 7.63. The third kappa shape index (κ3) is 4.68. The quantitative estimate of drug-likeness (QED) is 0.417. The van der Waals surface area contributed by atoms with Crippen LogP contribution in [0.4, 0.5) is 4.79 Å². The van der Waals surface area contributed by atoms with Crippen LogP contribution in [-0.2, 0) is 9.59 Å². The molecule has 3 N–H and O–H groups in total. The van der Waals surface area contributed by atoms with Crippen LogP contribution < -0.4 is 10.6 Å². The van der Waals surface area contributed by atoms with Crippen molar-refractivity contribution in [3.05, 3.63) is 0 Å². The minimum atomic E-state index is -0.947. The number of amides is 4. The minimum absolute atomic E-state index is 0.168. The fourth-order valence-corrected chi connectivity index (χ4v) is 2.48. The van der Waals surface area contributed by atoms with E-state index in [9.17, 15) is 14.4 Å². The van der Waals surface area contributed by atoms with Gasteiger partial charge in [0.25, 0.3) is 5.91 Å². The predicted octanol–water partition coefficient (Wildman–Crippen LogP) is -0.451. The van der Waals surface area contributed by atoms with E-state index in [1.165, 1.54) is 0 Å². The van der Waals surface area contributed by atoms with Crippen LogP contribution in [0.1, 0.15) is 20.3 Å². The molecular formula is C12H21N3O4S. The Bertz CT molecular complexity index is 387. The fourth-order valence-electron chi connectivity index (χ4n) is 1.69. The first kappa shape index (κ1) is 16.8. The normalized spacial score (nSPS) is 17.2. The van der Waals surface area contributed by atoms with Crippen LogP contribution in [-0.4, -0.2) is 64.6 Å². The van der Waals surface area contributed by atoms with Crippen molar-refractivity contribution in [2.45, 2.75) is 25.8 Å².